The lowest BCUT2D eigenvalue weighted by Gasteiger charge is -2.30. The van der Waals surface area contributed by atoms with Crippen molar-refractivity contribution in [1.82, 2.24) is 5.32 Å². The molecule has 4 rings (SSSR count). The summed E-state index contributed by atoms with van der Waals surface area (Å²) in [6.45, 7) is 10.8. The van der Waals surface area contributed by atoms with Gasteiger partial charge in [-0.25, -0.2) is 9.98 Å². The van der Waals surface area contributed by atoms with E-state index in [1.807, 2.05) is 36.4 Å². The van der Waals surface area contributed by atoms with E-state index in [1.54, 1.807) is 0 Å². The number of hydrogen-bond acceptors (Lipinski definition) is 7. The highest BCUT2D eigenvalue weighted by molar-refractivity contribution is 6.42. The van der Waals surface area contributed by atoms with Gasteiger partial charge in [0.15, 0.2) is 0 Å². The zero-order chi connectivity index (χ0) is 26.7. The molecule has 0 aliphatic carbocycles. The van der Waals surface area contributed by atoms with Crippen molar-refractivity contribution in [3.63, 3.8) is 0 Å². The Bertz CT molecular complexity index is 1080. The van der Waals surface area contributed by atoms with Crippen LogP contribution in [0.3, 0.4) is 0 Å². The fourth-order valence-corrected chi connectivity index (χ4v) is 4.84. The molecule has 2 aliphatic heterocycles. The van der Waals surface area contributed by atoms with Crippen LogP contribution in [0, 0.1) is 0 Å². The first kappa shape index (κ1) is 28.0. The van der Waals surface area contributed by atoms with E-state index < -0.39 is 0 Å². The van der Waals surface area contributed by atoms with Crippen LogP contribution in [0.15, 0.2) is 46.4 Å². The topological polar surface area (TPSA) is 61.7 Å². The third-order valence-corrected chi connectivity index (χ3v) is 7.65. The number of nitrogens with zero attached hydrogens (tertiary/aromatic N) is 4. The van der Waals surface area contributed by atoms with Gasteiger partial charge in [0.05, 0.1) is 20.1 Å². The van der Waals surface area contributed by atoms with Crippen LogP contribution in [0.1, 0.15) is 27.7 Å². The molecule has 2 aromatic rings. The first-order chi connectivity index (χ1) is 17.6. The number of benzene rings is 2. The van der Waals surface area contributed by atoms with Crippen LogP contribution in [0.4, 0.5) is 11.4 Å². The van der Waals surface area contributed by atoms with Gasteiger partial charge in [0.25, 0.3) is 12.0 Å². The Labute approximate surface area is 238 Å². The predicted molar refractivity (Wildman–Crippen MR) is 155 cm³/mol. The summed E-state index contributed by atoms with van der Waals surface area (Å²) in [5.74, 6) is 0. The van der Waals surface area contributed by atoms with Crippen LogP contribution < -0.4 is 15.1 Å². The molecule has 2 aliphatic rings. The first-order valence-corrected chi connectivity index (χ1v) is 13.7. The molecule has 0 spiro atoms. The van der Waals surface area contributed by atoms with E-state index >= 15 is 0 Å². The van der Waals surface area contributed by atoms with Crippen molar-refractivity contribution in [2.24, 2.45) is 9.98 Å². The molecular formula is C26H31Cl4N5O2. The van der Waals surface area contributed by atoms with Crippen molar-refractivity contribution in [3.8, 4) is 0 Å². The lowest BCUT2D eigenvalue weighted by atomic mass is 10.2. The van der Waals surface area contributed by atoms with Gasteiger partial charge in [0, 0.05) is 36.5 Å². The molecule has 1 N–H and O–H groups in total. The minimum absolute atomic E-state index is 0.0526. The van der Waals surface area contributed by atoms with Crippen LogP contribution in [-0.2, 0) is 9.47 Å². The second-order valence-corrected chi connectivity index (χ2v) is 11.2. The summed E-state index contributed by atoms with van der Waals surface area (Å²) in [5.41, 5.74) is 1.98. The molecule has 0 saturated carbocycles. The molecule has 7 nitrogen and oxygen atoms in total. The summed E-state index contributed by atoms with van der Waals surface area (Å²) < 4.78 is 11.6. The number of amidine groups is 2. The smallest absolute Gasteiger partial charge is 0.293 e. The maximum absolute atomic E-state index is 6.24. The van der Waals surface area contributed by atoms with Crippen LogP contribution in [0.2, 0.25) is 20.1 Å². The molecule has 0 saturated heterocycles. The van der Waals surface area contributed by atoms with E-state index in [0.29, 0.717) is 58.4 Å². The lowest BCUT2D eigenvalue weighted by Crippen LogP contribution is -2.37. The third kappa shape index (κ3) is 7.08. The van der Waals surface area contributed by atoms with Crippen molar-refractivity contribution in [2.45, 2.75) is 51.9 Å². The summed E-state index contributed by atoms with van der Waals surface area (Å²) in [6.07, 6.45) is 0. The Hall–Kier alpha value is -2.06. The van der Waals surface area contributed by atoms with E-state index in [0.717, 1.165) is 11.4 Å². The van der Waals surface area contributed by atoms with Gasteiger partial charge < -0.3 is 19.3 Å². The zero-order valence-corrected chi connectivity index (χ0v) is 24.2. The highest BCUT2D eigenvalue weighted by Gasteiger charge is 2.28. The van der Waals surface area contributed by atoms with Gasteiger partial charge in [0.2, 0.25) is 0 Å². The molecule has 0 aromatic heterocycles. The molecule has 2 atom stereocenters. The van der Waals surface area contributed by atoms with Crippen LogP contribution in [0.5, 0.6) is 0 Å². The number of ether oxygens (including phenoxy) is 2. The number of hydrogen-bond donors (Lipinski definition) is 1. The largest absolute Gasteiger partial charge is 0.463 e. The summed E-state index contributed by atoms with van der Waals surface area (Å²) in [7, 11) is 0. The number of anilines is 2. The summed E-state index contributed by atoms with van der Waals surface area (Å²) in [6, 6.07) is 12.5. The SMILES string of the molecule is CC(C)N(CC1COC(NC2=NC(CN(c3ccc(Cl)c(Cl)c3)C(C)C)CO2)=N1)c1ccc(Cl)c(Cl)c1. The Morgan fingerprint density at radius 2 is 1.14 bits per heavy atom. The van der Waals surface area contributed by atoms with Crippen molar-refractivity contribution >= 4 is 69.8 Å². The molecular weight excluding hydrogens is 556 g/mol. The van der Waals surface area contributed by atoms with Gasteiger partial charge in [-0.15, -0.1) is 0 Å². The Morgan fingerprint density at radius 1 is 0.730 bits per heavy atom. The molecule has 37 heavy (non-hydrogen) atoms. The first-order valence-electron chi connectivity index (χ1n) is 12.2. The maximum atomic E-state index is 6.24. The van der Waals surface area contributed by atoms with Gasteiger partial charge in [-0.2, -0.15) is 0 Å². The number of halogens is 4. The fourth-order valence-electron chi connectivity index (χ4n) is 4.26. The molecule has 11 heteroatoms. The highest BCUT2D eigenvalue weighted by atomic mass is 35.5. The molecule has 2 aromatic carbocycles. The summed E-state index contributed by atoms with van der Waals surface area (Å²) in [5, 5.41) is 5.22. The van der Waals surface area contributed by atoms with E-state index in [2.05, 4.69) is 42.8 Å². The van der Waals surface area contributed by atoms with E-state index in [4.69, 9.17) is 65.9 Å². The van der Waals surface area contributed by atoms with Gasteiger partial charge >= 0.3 is 0 Å². The van der Waals surface area contributed by atoms with Gasteiger partial charge in [-0.1, -0.05) is 46.4 Å². The highest BCUT2D eigenvalue weighted by Crippen LogP contribution is 2.30. The van der Waals surface area contributed by atoms with Crippen LogP contribution >= 0.6 is 46.4 Å². The number of aliphatic imine (C=N–C) groups is 2. The molecule has 2 heterocycles. The zero-order valence-electron chi connectivity index (χ0n) is 21.2. The van der Waals surface area contributed by atoms with Crippen LogP contribution in [-0.4, -0.2) is 62.5 Å². The van der Waals surface area contributed by atoms with Crippen molar-refractivity contribution in [1.29, 1.82) is 0 Å². The average molecular weight is 587 g/mol. The van der Waals surface area contributed by atoms with E-state index in [1.165, 1.54) is 0 Å². The fraction of sp³-hybridized carbons (Fsp3) is 0.462. The normalized spacial score (nSPS) is 19.0. The van der Waals surface area contributed by atoms with E-state index in [9.17, 15) is 0 Å². The molecule has 0 fully saturated rings. The molecule has 0 radical (unpaired) electrons. The lowest BCUT2D eigenvalue weighted by molar-refractivity contribution is 0.291. The number of rotatable bonds is 8. The van der Waals surface area contributed by atoms with Gasteiger partial charge in [-0.3, -0.25) is 5.32 Å². The van der Waals surface area contributed by atoms with Crippen molar-refractivity contribution in [3.05, 3.63) is 56.5 Å². The van der Waals surface area contributed by atoms with E-state index in [-0.39, 0.29) is 24.2 Å². The Balaban J connectivity index is 1.37. The predicted octanol–water partition coefficient (Wildman–Crippen LogP) is 6.53. The van der Waals surface area contributed by atoms with Crippen LogP contribution in [0.25, 0.3) is 0 Å². The minimum atomic E-state index is -0.0526. The number of nitrogens with one attached hydrogen (secondary N) is 1. The molecule has 0 amide bonds. The maximum Gasteiger partial charge on any atom is 0.293 e. The third-order valence-electron chi connectivity index (χ3n) is 6.17. The van der Waals surface area contributed by atoms with Gasteiger partial charge in [-0.05, 0) is 64.1 Å². The van der Waals surface area contributed by atoms with Gasteiger partial charge in [0.1, 0.15) is 25.3 Å². The second kappa shape index (κ2) is 12.2. The Kier molecular flexibility index (Phi) is 9.22. The Morgan fingerprint density at radius 3 is 1.49 bits per heavy atom. The second-order valence-electron chi connectivity index (χ2n) is 9.61. The molecule has 0 bridgehead atoms. The standard InChI is InChI=1S/C26H31Cl4N5O2/c1-15(2)34(19-5-7-21(27)23(29)9-19)11-17-13-36-25(31-17)33-26-32-18(14-37-26)12-35(16(3)4)20-6-8-22(28)24(30)10-20/h5-10,15-18H,11-14H2,1-4H3,(H,31,32,33). The molecule has 2 unspecified atom stereocenters. The monoisotopic (exact) mass is 585 g/mol. The minimum Gasteiger partial charge on any atom is -0.463 e. The summed E-state index contributed by atoms with van der Waals surface area (Å²) in [4.78, 5) is 13.9. The summed E-state index contributed by atoms with van der Waals surface area (Å²) >= 11 is 24.7. The van der Waals surface area contributed by atoms with Crippen molar-refractivity contribution in [2.75, 3.05) is 36.1 Å². The average Bonchev–Trinajstić information content (AvgIpc) is 3.48. The molecule has 200 valence electrons. The van der Waals surface area contributed by atoms with Crippen molar-refractivity contribution < 1.29 is 9.47 Å². The quantitative estimate of drug-likeness (QED) is 0.381.